The van der Waals surface area contributed by atoms with Crippen LogP contribution in [0.3, 0.4) is 0 Å². The molecule has 40 heavy (non-hydrogen) atoms. The number of ether oxygens (including phenoxy) is 1. The number of carbonyl (C=O) groups is 3. The van der Waals surface area contributed by atoms with Crippen molar-refractivity contribution in [3.05, 3.63) is 59.7 Å². The van der Waals surface area contributed by atoms with Crippen molar-refractivity contribution in [1.82, 2.24) is 20.3 Å². The van der Waals surface area contributed by atoms with E-state index >= 15 is 0 Å². The molecule has 216 valence electrons. The number of sulfonamides is 1. The standard InChI is InChI=1S/C28H37N5O6S/c1-19-3-9-23(10-4-19)40(37,38)33(27(35)24-18-30-15-16-31-24)25(28(36)39-2)17-20-5-7-22(8-6-20)32-26(34)21-11-13-29-14-12-21/h3-10,21,24-25,29-31H,11-18H2,1-2H3,(H,32,34)/t24?,25-/m0/s1. The number of hydrogen-bond donors (Lipinski definition) is 4. The second kappa shape index (κ2) is 13.4. The number of carbonyl (C=O) groups excluding carboxylic acids is 3. The molecule has 0 bridgehead atoms. The molecule has 2 fully saturated rings. The monoisotopic (exact) mass is 571 g/mol. The molecule has 0 radical (unpaired) electrons. The fourth-order valence-corrected chi connectivity index (χ4v) is 6.49. The summed E-state index contributed by atoms with van der Waals surface area (Å²) in [5.74, 6) is -1.69. The fraction of sp³-hybridized carbons (Fsp3) is 0.464. The zero-order valence-corrected chi connectivity index (χ0v) is 23.6. The van der Waals surface area contributed by atoms with Gasteiger partial charge in [-0.25, -0.2) is 17.5 Å². The number of piperazine rings is 1. The van der Waals surface area contributed by atoms with Gasteiger partial charge in [-0.05, 0) is 62.7 Å². The van der Waals surface area contributed by atoms with Gasteiger partial charge in [-0.2, -0.15) is 0 Å². The minimum absolute atomic E-state index is 0.0451. The van der Waals surface area contributed by atoms with Crippen molar-refractivity contribution in [3.63, 3.8) is 0 Å². The van der Waals surface area contributed by atoms with Crippen molar-refractivity contribution < 1.29 is 27.5 Å². The van der Waals surface area contributed by atoms with Gasteiger partial charge in [-0.1, -0.05) is 29.8 Å². The van der Waals surface area contributed by atoms with E-state index in [4.69, 9.17) is 4.74 Å². The van der Waals surface area contributed by atoms with E-state index < -0.39 is 34.0 Å². The summed E-state index contributed by atoms with van der Waals surface area (Å²) in [4.78, 5) is 39.4. The Morgan fingerprint density at radius 2 is 1.65 bits per heavy atom. The molecule has 0 saturated carbocycles. The summed E-state index contributed by atoms with van der Waals surface area (Å²) in [5, 5.41) is 12.3. The lowest BCUT2D eigenvalue weighted by Gasteiger charge is -2.34. The van der Waals surface area contributed by atoms with Crippen molar-refractivity contribution in [1.29, 1.82) is 0 Å². The summed E-state index contributed by atoms with van der Waals surface area (Å²) >= 11 is 0. The fourth-order valence-electron chi connectivity index (χ4n) is 4.92. The molecule has 2 aliphatic rings. The van der Waals surface area contributed by atoms with E-state index in [9.17, 15) is 22.8 Å². The van der Waals surface area contributed by atoms with E-state index in [-0.39, 0.29) is 29.7 Å². The first-order valence-electron chi connectivity index (χ1n) is 13.5. The number of methoxy groups -OCH3 is 1. The van der Waals surface area contributed by atoms with Crippen LogP contribution < -0.4 is 21.3 Å². The highest BCUT2D eigenvalue weighted by molar-refractivity contribution is 7.89. The molecule has 0 spiro atoms. The van der Waals surface area contributed by atoms with Gasteiger partial charge in [0.25, 0.3) is 15.9 Å². The van der Waals surface area contributed by atoms with Crippen molar-refractivity contribution in [2.24, 2.45) is 5.92 Å². The Bertz CT molecular complexity index is 1290. The molecule has 4 rings (SSSR count). The first kappa shape index (κ1) is 29.7. The number of esters is 1. The zero-order valence-electron chi connectivity index (χ0n) is 22.8. The van der Waals surface area contributed by atoms with Gasteiger partial charge in [0, 0.05) is 37.7 Å². The number of aryl methyl sites for hydroxylation is 1. The van der Waals surface area contributed by atoms with E-state index in [1.807, 2.05) is 6.92 Å². The van der Waals surface area contributed by atoms with Crippen molar-refractivity contribution in [2.75, 3.05) is 45.2 Å². The summed E-state index contributed by atoms with van der Waals surface area (Å²) in [7, 11) is -3.26. The first-order chi connectivity index (χ1) is 19.2. The number of nitrogens with one attached hydrogen (secondary N) is 4. The molecule has 11 nitrogen and oxygen atoms in total. The Kier molecular flexibility index (Phi) is 9.90. The summed E-state index contributed by atoms with van der Waals surface area (Å²) < 4.78 is 33.5. The van der Waals surface area contributed by atoms with Gasteiger partial charge in [0.15, 0.2) is 0 Å². The van der Waals surface area contributed by atoms with Crippen LogP contribution in [-0.2, 0) is 35.6 Å². The predicted molar refractivity (Wildman–Crippen MR) is 150 cm³/mol. The van der Waals surface area contributed by atoms with E-state index in [2.05, 4.69) is 21.3 Å². The summed E-state index contributed by atoms with van der Waals surface area (Å²) in [5.41, 5.74) is 2.05. The van der Waals surface area contributed by atoms with Crippen molar-refractivity contribution >= 4 is 33.5 Å². The van der Waals surface area contributed by atoms with Crippen LogP contribution in [-0.4, -0.2) is 82.4 Å². The van der Waals surface area contributed by atoms with E-state index in [1.54, 1.807) is 36.4 Å². The van der Waals surface area contributed by atoms with E-state index in [0.29, 0.717) is 28.6 Å². The Morgan fingerprint density at radius 3 is 2.25 bits per heavy atom. The lowest BCUT2D eigenvalue weighted by atomic mass is 9.97. The average Bonchev–Trinajstić information content (AvgIpc) is 2.98. The van der Waals surface area contributed by atoms with Gasteiger partial charge in [-0.15, -0.1) is 0 Å². The smallest absolute Gasteiger partial charge is 0.330 e. The highest BCUT2D eigenvalue weighted by Crippen LogP contribution is 2.24. The molecule has 1 unspecified atom stereocenters. The Balaban J connectivity index is 1.61. The van der Waals surface area contributed by atoms with Crippen molar-refractivity contribution in [2.45, 2.75) is 43.2 Å². The lowest BCUT2D eigenvalue weighted by Crippen LogP contribution is -2.61. The first-order valence-corrected chi connectivity index (χ1v) is 14.9. The molecule has 2 aliphatic heterocycles. The zero-order chi connectivity index (χ0) is 28.7. The summed E-state index contributed by atoms with van der Waals surface area (Å²) in [6.07, 6.45) is 1.44. The van der Waals surface area contributed by atoms with Crippen LogP contribution >= 0.6 is 0 Å². The molecule has 2 aromatic rings. The molecular formula is C28H37N5O6S. The SMILES string of the molecule is COC(=O)[C@H](Cc1ccc(NC(=O)C2CCNCC2)cc1)N(C(=O)C1CNCCN1)S(=O)(=O)c1ccc(C)cc1. The van der Waals surface area contributed by atoms with Gasteiger partial charge in [0.2, 0.25) is 5.91 Å². The Hall–Kier alpha value is -3.32. The number of anilines is 1. The maximum Gasteiger partial charge on any atom is 0.330 e. The highest BCUT2D eigenvalue weighted by Gasteiger charge is 2.43. The number of rotatable bonds is 9. The molecular weight excluding hydrogens is 534 g/mol. The number of benzene rings is 2. The number of hydrogen-bond acceptors (Lipinski definition) is 9. The lowest BCUT2D eigenvalue weighted by molar-refractivity contribution is -0.149. The van der Waals surface area contributed by atoms with Gasteiger partial charge in [0.05, 0.1) is 12.0 Å². The molecule has 12 heteroatoms. The van der Waals surface area contributed by atoms with E-state index in [1.165, 1.54) is 12.1 Å². The summed E-state index contributed by atoms with van der Waals surface area (Å²) in [6.45, 7) is 4.76. The molecule has 0 aromatic heterocycles. The van der Waals surface area contributed by atoms with Crippen LogP contribution in [0.2, 0.25) is 0 Å². The quantitative estimate of drug-likeness (QED) is 0.321. The molecule has 4 N–H and O–H groups in total. The molecule has 2 amide bonds. The minimum atomic E-state index is -4.42. The van der Waals surface area contributed by atoms with Crippen LogP contribution in [0.4, 0.5) is 5.69 Å². The normalized spacial score (nSPS) is 18.9. The van der Waals surface area contributed by atoms with Crippen LogP contribution in [0, 0.1) is 12.8 Å². The largest absolute Gasteiger partial charge is 0.467 e. The maximum absolute atomic E-state index is 13.9. The number of piperidine rings is 1. The van der Waals surface area contributed by atoms with Gasteiger partial charge < -0.3 is 26.0 Å². The van der Waals surface area contributed by atoms with Crippen molar-refractivity contribution in [3.8, 4) is 0 Å². The van der Waals surface area contributed by atoms with Gasteiger partial charge >= 0.3 is 5.97 Å². The molecule has 2 aromatic carbocycles. The third-order valence-electron chi connectivity index (χ3n) is 7.25. The second-order valence-electron chi connectivity index (χ2n) is 10.1. The molecule has 2 atom stereocenters. The Labute approximate surface area is 235 Å². The van der Waals surface area contributed by atoms with Gasteiger partial charge in [-0.3, -0.25) is 9.59 Å². The topological polar surface area (TPSA) is 146 Å². The van der Waals surface area contributed by atoms with Crippen LogP contribution in [0.1, 0.15) is 24.0 Å². The van der Waals surface area contributed by atoms with E-state index in [0.717, 1.165) is 38.6 Å². The number of nitrogens with zero attached hydrogens (tertiary/aromatic N) is 1. The maximum atomic E-state index is 13.9. The summed E-state index contributed by atoms with van der Waals surface area (Å²) in [6, 6.07) is 10.7. The number of amides is 2. The van der Waals surface area contributed by atoms with Crippen LogP contribution in [0.25, 0.3) is 0 Å². The predicted octanol–water partition coefficient (Wildman–Crippen LogP) is 0.796. The van der Waals surface area contributed by atoms with Crippen LogP contribution in [0.5, 0.6) is 0 Å². The minimum Gasteiger partial charge on any atom is -0.467 e. The third-order valence-corrected chi connectivity index (χ3v) is 9.07. The second-order valence-corrected chi connectivity index (χ2v) is 11.9. The molecule has 0 aliphatic carbocycles. The van der Waals surface area contributed by atoms with Gasteiger partial charge in [0.1, 0.15) is 12.1 Å². The third kappa shape index (κ3) is 7.05. The molecule has 2 heterocycles. The average molecular weight is 572 g/mol. The molecule has 2 saturated heterocycles. The highest BCUT2D eigenvalue weighted by atomic mass is 32.2. The van der Waals surface area contributed by atoms with Crippen LogP contribution in [0.15, 0.2) is 53.4 Å². The Morgan fingerprint density at radius 1 is 0.975 bits per heavy atom.